The Morgan fingerprint density at radius 1 is 1.35 bits per heavy atom. The third-order valence-corrected chi connectivity index (χ3v) is 3.57. The van der Waals surface area contributed by atoms with Gasteiger partial charge in [-0.1, -0.05) is 18.6 Å². The molecule has 1 fully saturated rings. The van der Waals surface area contributed by atoms with Crippen LogP contribution in [0.2, 0.25) is 0 Å². The van der Waals surface area contributed by atoms with Gasteiger partial charge in [0.25, 0.3) is 0 Å². The number of allylic oxidation sites excluding steroid dienone is 2. The van der Waals surface area contributed by atoms with Crippen LogP contribution in [0.3, 0.4) is 0 Å². The first-order valence-electron chi connectivity index (χ1n) is 6.81. The number of nitrogens with one attached hydrogen (secondary N) is 1. The van der Waals surface area contributed by atoms with Crippen molar-refractivity contribution in [3.63, 3.8) is 0 Å². The second kappa shape index (κ2) is 6.53. The zero-order valence-corrected chi connectivity index (χ0v) is 11.1. The lowest BCUT2D eigenvalue weighted by Gasteiger charge is -2.27. The first-order valence-corrected chi connectivity index (χ1v) is 6.81. The van der Waals surface area contributed by atoms with Gasteiger partial charge in [-0.25, -0.2) is 0 Å². The fraction of sp³-hybridized carbons (Fsp3) is 0.857. The Bertz CT molecular complexity index is 259. The highest BCUT2D eigenvalue weighted by molar-refractivity contribution is 5.06. The van der Waals surface area contributed by atoms with Crippen LogP contribution < -0.4 is 5.32 Å². The van der Waals surface area contributed by atoms with Gasteiger partial charge in [-0.2, -0.15) is 0 Å². The maximum absolute atomic E-state index is 5.61. The molecule has 2 rings (SSSR count). The molecular formula is C14H25NO2. The van der Waals surface area contributed by atoms with E-state index in [2.05, 4.69) is 25.2 Å². The molecule has 0 saturated carbocycles. The van der Waals surface area contributed by atoms with Gasteiger partial charge >= 0.3 is 0 Å². The molecule has 3 heteroatoms. The average molecular weight is 239 g/mol. The van der Waals surface area contributed by atoms with E-state index in [0.29, 0.717) is 0 Å². The molecule has 3 nitrogen and oxygen atoms in total. The fourth-order valence-electron chi connectivity index (χ4n) is 2.94. The molecule has 1 N–H and O–H groups in total. The second-order valence-corrected chi connectivity index (χ2v) is 5.52. The summed E-state index contributed by atoms with van der Waals surface area (Å²) in [5.41, 5.74) is 1.55. The van der Waals surface area contributed by atoms with Gasteiger partial charge in [0.05, 0.1) is 25.9 Å². The Balaban J connectivity index is 1.63. The molecule has 0 aromatic carbocycles. The lowest BCUT2D eigenvalue weighted by Crippen LogP contribution is -2.39. The number of rotatable bonds is 4. The number of hydrogen-bond acceptors (Lipinski definition) is 3. The lowest BCUT2D eigenvalue weighted by atomic mass is 9.84. The molecule has 98 valence electrons. The van der Waals surface area contributed by atoms with Gasteiger partial charge < -0.3 is 14.8 Å². The molecule has 0 radical (unpaired) electrons. The topological polar surface area (TPSA) is 30.5 Å². The predicted molar refractivity (Wildman–Crippen MR) is 69.1 cm³/mol. The van der Waals surface area contributed by atoms with Crippen molar-refractivity contribution in [2.75, 3.05) is 32.9 Å². The minimum Gasteiger partial charge on any atom is -0.376 e. The maximum atomic E-state index is 5.61. The summed E-state index contributed by atoms with van der Waals surface area (Å²) >= 11 is 0. The molecular weight excluding hydrogens is 214 g/mol. The van der Waals surface area contributed by atoms with E-state index in [-0.39, 0.29) is 6.10 Å². The Labute approximate surface area is 105 Å². The zero-order chi connectivity index (χ0) is 12.1. The highest BCUT2D eigenvalue weighted by Gasteiger charge is 2.19. The van der Waals surface area contributed by atoms with Gasteiger partial charge in [0.15, 0.2) is 0 Å². The smallest absolute Gasteiger partial charge is 0.0933 e. The largest absolute Gasteiger partial charge is 0.376 e. The molecule has 3 unspecified atom stereocenters. The van der Waals surface area contributed by atoms with E-state index < -0.39 is 0 Å². The summed E-state index contributed by atoms with van der Waals surface area (Å²) in [6.45, 7) is 8.83. The Hall–Kier alpha value is -0.380. The molecule has 1 aliphatic heterocycles. The van der Waals surface area contributed by atoms with Crippen molar-refractivity contribution in [3.8, 4) is 0 Å². The van der Waals surface area contributed by atoms with Gasteiger partial charge in [-0.05, 0) is 38.1 Å². The summed E-state index contributed by atoms with van der Waals surface area (Å²) in [4.78, 5) is 0. The van der Waals surface area contributed by atoms with Crippen molar-refractivity contribution in [2.45, 2.75) is 32.8 Å². The molecule has 0 amide bonds. The Morgan fingerprint density at radius 2 is 2.24 bits per heavy atom. The molecule has 0 aromatic heterocycles. The SMILES string of the molecule is CC1=CC(C)CC(CNCC2COCCO2)C1. The number of ether oxygens (including phenoxy) is 2. The summed E-state index contributed by atoms with van der Waals surface area (Å²) < 4.78 is 11.0. The molecule has 0 aromatic rings. The molecule has 1 aliphatic carbocycles. The highest BCUT2D eigenvalue weighted by atomic mass is 16.6. The van der Waals surface area contributed by atoms with Crippen LogP contribution in [0.1, 0.15) is 26.7 Å². The first-order chi connectivity index (χ1) is 8.24. The van der Waals surface area contributed by atoms with Crippen molar-refractivity contribution < 1.29 is 9.47 Å². The van der Waals surface area contributed by atoms with Crippen LogP contribution in [0, 0.1) is 11.8 Å². The highest BCUT2D eigenvalue weighted by Crippen LogP contribution is 2.27. The van der Waals surface area contributed by atoms with Crippen molar-refractivity contribution in [1.29, 1.82) is 0 Å². The van der Waals surface area contributed by atoms with Gasteiger partial charge in [0, 0.05) is 6.54 Å². The van der Waals surface area contributed by atoms with Crippen LogP contribution >= 0.6 is 0 Å². The molecule has 17 heavy (non-hydrogen) atoms. The van der Waals surface area contributed by atoms with Crippen molar-refractivity contribution >= 4 is 0 Å². The van der Waals surface area contributed by atoms with E-state index >= 15 is 0 Å². The van der Waals surface area contributed by atoms with Crippen molar-refractivity contribution in [1.82, 2.24) is 5.32 Å². The summed E-state index contributed by atoms with van der Waals surface area (Å²) in [6.07, 6.45) is 5.22. The molecule has 0 spiro atoms. The van der Waals surface area contributed by atoms with E-state index in [4.69, 9.17) is 9.47 Å². The lowest BCUT2D eigenvalue weighted by molar-refractivity contribution is -0.0865. The summed E-state index contributed by atoms with van der Waals surface area (Å²) in [5, 5.41) is 3.53. The van der Waals surface area contributed by atoms with Gasteiger partial charge in [-0.15, -0.1) is 0 Å². The van der Waals surface area contributed by atoms with Gasteiger partial charge in [0.2, 0.25) is 0 Å². The quantitative estimate of drug-likeness (QED) is 0.761. The molecule has 2 aliphatic rings. The van der Waals surface area contributed by atoms with E-state index in [1.165, 1.54) is 12.8 Å². The fourth-order valence-corrected chi connectivity index (χ4v) is 2.94. The third-order valence-electron chi connectivity index (χ3n) is 3.57. The van der Waals surface area contributed by atoms with Crippen LogP contribution in [-0.4, -0.2) is 39.0 Å². The summed E-state index contributed by atoms with van der Waals surface area (Å²) in [5.74, 6) is 1.53. The van der Waals surface area contributed by atoms with Crippen LogP contribution in [0.25, 0.3) is 0 Å². The van der Waals surface area contributed by atoms with E-state index in [1.807, 2.05) is 0 Å². The average Bonchev–Trinajstić information content (AvgIpc) is 2.29. The van der Waals surface area contributed by atoms with Crippen LogP contribution in [-0.2, 0) is 9.47 Å². The van der Waals surface area contributed by atoms with Crippen molar-refractivity contribution in [2.24, 2.45) is 11.8 Å². The Kier molecular flexibility index (Phi) is 5.01. The monoisotopic (exact) mass is 239 g/mol. The maximum Gasteiger partial charge on any atom is 0.0933 e. The zero-order valence-electron chi connectivity index (χ0n) is 11.1. The Morgan fingerprint density at radius 3 is 2.94 bits per heavy atom. The molecule has 1 saturated heterocycles. The van der Waals surface area contributed by atoms with E-state index in [1.54, 1.807) is 5.57 Å². The minimum atomic E-state index is 0.251. The van der Waals surface area contributed by atoms with Crippen LogP contribution in [0.4, 0.5) is 0 Å². The molecule has 1 heterocycles. The van der Waals surface area contributed by atoms with Crippen molar-refractivity contribution in [3.05, 3.63) is 11.6 Å². The van der Waals surface area contributed by atoms with E-state index in [9.17, 15) is 0 Å². The van der Waals surface area contributed by atoms with Gasteiger partial charge in [-0.3, -0.25) is 0 Å². The van der Waals surface area contributed by atoms with Crippen LogP contribution in [0.5, 0.6) is 0 Å². The number of hydrogen-bond donors (Lipinski definition) is 1. The van der Waals surface area contributed by atoms with E-state index in [0.717, 1.165) is 44.7 Å². The first kappa shape index (κ1) is 13.1. The minimum absolute atomic E-state index is 0.251. The van der Waals surface area contributed by atoms with Gasteiger partial charge in [0.1, 0.15) is 0 Å². The molecule has 3 atom stereocenters. The third kappa shape index (κ3) is 4.41. The second-order valence-electron chi connectivity index (χ2n) is 5.52. The molecule has 0 bridgehead atoms. The summed E-state index contributed by atoms with van der Waals surface area (Å²) in [6, 6.07) is 0. The predicted octanol–water partition coefficient (Wildman–Crippen LogP) is 1.98. The summed E-state index contributed by atoms with van der Waals surface area (Å²) in [7, 11) is 0. The van der Waals surface area contributed by atoms with Crippen LogP contribution in [0.15, 0.2) is 11.6 Å². The standard InChI is InChI=1S/C14H25NO2/c1-11-5-12(2)7-13(6-11)8-15-9-14-10-16-3-4-17-14/h5,11,13-15H,3-4,6-10H2,1-2H3. The normalized spacial score (nSPS) is 34.5.